The fraction of sp³-hybridized carbons (Fsp3) is 0.462. The van der Waals surface area contributed by atoms with Crippen LogP contribution in [0.25, 0.3) is 0 Å². The van der Waals surface area contributed by atoms with Gasteiger partial charge in [0.15, 0.2) is 11.5 Å². The Bertz CT molecular complexity index is 717. The van der Waals surface area contributed by atoms with E-state index < -0.39 is 16.9 Å². The third kappa shape index (κ3) is 3.66. The largest absolute Gasteiger partial charge is 0.436 e. The summed E-state index contributed by atoms with van der Waals surface area (Å²) in [6, 6.07) is 0. The molecule has 2 heterocycles. The summed E-state index contributed by atoms with van der Waals surface area (Å²) >= 11 is 5.65. The van der Waals surface area contributed by atoms with Gasteiger partial charge in [-0.2, -0.15) is 18.3 Å². The minimum absolute atomic E-state index is 0.0309. The van der Waals surface area contributed by atoms with Gasteiger partial charge in [-0.05, 0) is 20.8 Å². The van der Waals surface area contributed by atoms with Gasteiger partial charge in [0, 0.05) is 6.42 Å². The highest BCUT2D eigenvalue weighted by atomic mass is 35.5. The molecule has 0 aliphatic heterocycles. The molecule has 0 spiro atoms. The first-order valence-electron chi connectivity index (χ1n) is 6.64. The number of carbonyl (C=O) groups is 1. The topological polar surface area (TPSA) is 73.0 Å². The van der Waals surface area contributed by atoms with Crippen LogP contribution in [0.3, 0.4) is 0 Å². The van der Waals surface area contributed by atoms with E-state index in [0.717, 1.165) is 4.68 Å². The summed E-state index contributed by atoms with van der Waals surface area (Å²) in [6.45, 7) is 4.69. The first-order chi connectivity index (χ1) is 10.6. The first kappa shape index (κ1) is 17.3. The van der Waals surface area contributed by atoms with Gasteiger partial charge in [0.25, 0.3) is 0 Å². The highest BCUT2D eigenvalue weighted by Gasteiger charge is 2.38. The van der Waals surface area contributed by atoms with Gasteiger partial charge in [-0.25, -0.2) is 0 Å². The molecule has 0 fully saturated rings. The molecule has 0 saturated heterocycles. The number of aryl methyl sites for hydroxylation is 3. The van der Waals surface area contributed by atoms with Crippen molar-refractivity contribution in [1.82, 2.24) is 14.9 Å². The second-order valence-corrected chi connectivity index (χ2v) is 5.34. The Morgan fingerprint density at radius 2 is 2.00 bits per heavy atom. The molecular weight excluding hydrogens is 337 g/mol. The van der Waals surface area contributed by atoms with E-state index in [2.05, 4.69) is 15.6 Å². The fourth-order valence-corrected chi connectivity index (χ4v) is 2.24. The lowest BCUT2D eigenvalue weighted by molar-refractivity contribution is -0.141. The Morgan fingerprint density at radius 1 is 1.35 bits per heavy atom. The van der Waals surface area contributed by atoms with E-state index in [-0.39, 0.29) is 24.6 Å². The summed E-state index contributed by atoms with van der Waals surface area (Å²) in [5.74, 6) is 0.0625. The number of halogens is 4. The van der Waals surface area contributed by atoms with Crippen LogP contribution in [0.2, 0.25) is 5.02 Å². The average molecular weight is 351 g/mol. The van der Waals surface area contributed by atoms with Gasteiger partial charge in [0.1, 0.15) is 11.4 Å². The zero-order chi connectivity index (χ0) is 17.4. The lowest BCUT2D eigenvalue weighted by Gasteiger charge is -2.06. The van der Waals surface area contributed by atoms with Crippen LogP contribution in [-0.2, 0) is 17.5 Å². The quantitative estimate of drug-likeness (QED) is 0.916. The maximum Gasteiger partial charge on any atom is 0.436 e. The van der Waals surface area contributed by atoms with E-state index in [1.165, 1.54) is 6.92 Å². The lowest BCUT2D eigenvalue weighted by Crippen LogP contribution is -2.16. The molecule has 23 heavy (non-hydrogen) atoms. The molecule has 0 aromatic carbocycles. The van der Waals surface area contributed by atoms with Gasteiger partial charge in [0.2, 0.25) is 5.91 Å². The normalized spacial score (nSPS) is 11.8. The second kappa shape index (κ2) is 6.23. The molecule has 10 heteroatoms. The molecule has 1 amide bonds. The van der Waals surface area contributed by atoms with Crippen LogP contribution >= 0.6 is 11.6 Å². The van der Waals surface area contributed by atoms with Gasteiger partial charge in [-0.3, -0.25) is 9.48 Å². The van der Waals surface area contributed by atoms with Crippen LogP contribution in [0.1, 0.15) is 29.3 Å². The van der Waals surface area contributed by atoms with Crippen molar-refractivity contribution in [3.63, 3.8) is 0 Å². The van der Waals surface area contributed by atoms with Crippen molar-refractivity contribution >= 4 is 23.2 Å². The van der Waals surface area contributed by atoms with Crippen LogP contribution in [0, 0.1) is 20.8 Å². The fourth-order valence-electron chi connectivity index (χ4n) is 1.99. The molecule has 2 aromatic rings. The maximum absolute atomic E-state index is 12.7. The number of amides is 1. The van der Waals surface area contributed by atoms with Gasteiger partial charge in [-0.1, -0.05) is 16.8 Å². The molecule has 0 unspecified atom stereocenters. The monoisotopic (exact) mass is 350 g/mol. The predicted octanol–water partition coefficient (Wildman–Crippen LogP) is 3.50. The number of alkyl halides is 3. The van der Waals surface area contributed by atoms with Crippen LogP contribution in [0.5, 0.6) is 0 Å². The highest BCUT2D eigenvalue weighted by molar-refractivity contribution is 6.31. The maximum atomic E-state index is 12.7. The lowest BCUT2D eigenvalue weighted by atomic mass is 10.3. The second-order valence-electron chi connectivity index (χ2n) is 4.97. The molecule has 2 rings (SSSR count). The number of rotatable bonds is 4. The summed E-state index contributed by atoms with van der Waals surface area (Å²) in [5.41, 5.74) is -0.0124. The molecule has 0 radical (unpaired) electrons. The molecule has 1 N–H and O–H groups in total. The minimum atomic E-state index is -4.63. The summed E-state index contributed by atoms with van der Waals surface area (Å²) in [5, 5.41) is 9.28. The van der Waals surface area contributed by atoms with Crippen molar-refractivity contribution in [2.45, 2.75) is 39.9 Å². The summed E-state index contributed by atoms with van der Waals surface area (Å²) in [6.07, 6.45) is -4.70. The predicted molar refractivity (Wildman–Crippen MR) is 76.2 cm³/mol. The van der Waals surface area contributed by atoms with E-state index in [1.807, 2.05) is 0 Å². The van der Waals surface area contributed by atoms with E-state index >= 15 is 0 Å². The molecule has 6 nitrogen and oxygen atoms in total. The number of carbonyl (C=O) groups excluding carboxylic acids is 1. The van der Waals surface area contributed by atoms with E-state index in [4.69, 9.17) is 16.1 Å². The zero-order valence-corrected chi connectivity index (χ0v) is 13.3. The number of nitrogens with one attached hydrogen (secondary N) is 1. The summed E-state index contributed by atoms with van der Waals surface area (Å²) in [7, 11) is 0. The van der Waals surface area contributed by atoms with Crippen molar-refractivity contribution < 1.29 is 22.5 Å². The van der Waals surface area contributed by atoms with Gasteiger partial charge >= 0.3 is 6.18 Å². The smallest absolute Gasteiger partial charge is 0.359 e. The Morgan fingerprint density at radius 3 is 2.48 bits per heavy atom. The van der Waals surface area contributed by atoms with Crippen LogP contribution in [0.15, 0.2) is 4.52 Å². The van der Waals surface area contributed by atoms with Crippen molar-refractivity contribution in [2.75, 3.05) is 5.32 Å². The summed E-state index contributed by atoms with van der Waals surface area (Å²) < 4.78 is 44.2. The molecule has 0 bridgehead atoms. The number of hydrogen-bond donors (Lipinski definition) is 1. The van der Waals surface area contributed by atoms with Crippen LogP contribution in [-0.4, -0.2) is 20.8 Å². The Kier molecular flexibility index (Phi) is 4.69. The molecule has 0 atom stereocenters. The Balaban J connectivity index is 2.05. The standard InChI is InChI=1S/C13H14ClF3N4O2/c1-6-11(8(3)23-20-6)18-9(22)4-5-21-7(2)10(14)12(19-21)13(15,16)17/h4-5H2,1-3H3,(H,18,22). The number of nitrogens with zero attached hydrogens (tertiary/aromatic N) is 3. The number of hydrogen-bond acceptors (Lipinski definition) is 4. The molecule has 126 valence electrons. The SMILES string of the molecule is Cc1noc(C)c1NC(=O)CCn1nc(C(F)(F)F)c(Cl)c1C. The average Bonchev–Trinajstić information content (AvgIpc) is 2.91. The molecule has 0 aliphatic carbocycles. The number of aromatic nitrogens is 3. The molecule has 0 aliphatic rings. The Hall–Kier alpha value is -2.03. The Labute approximate surface area is 134 Å². The minimum Gasteiger partial charge on any atom is -0.359 e. The zero-order valence-electron chi connectivity index (χ0n) is 12.6. The van der Waals surface area contributed by atoms with Crippen molar-refractivity contribution in [3.05, 3.63) is 27.9 Å². The van der Waals surface area contributed by atoms with E-state index in [1.54, 1.807) is 13.8 Å². The summed E-state index contributed by atoms with van der Waals surface area (Å²) in [4.78, 5) is 11.9. The van der Waals surface area contributed by atoms with E-state index in [0.29, 0.717) is 17.1 Å². The molecular formula is C13H14ClF3N4O2. The number of anilines is 1. The van der Waals surface area contributed by atoms with Gasteiger partial charge < -0.3 is 9.84 Å². The molecule has 0 saturated carbocycles. The van der Waals surface area contributed by atoms with E-state index in [9.17, 15) is 18.0 Å². The van der Waals surface area contributed by atoms with Gasteiger partial charge in [-0.15, -0.1) is 0 Å². The van der Waals surface area contributed by atoms with Crippen molar-refractivity contribution in [2.24, 2.45) is 0 Å². The first-order valence-corrected chi connectivity index (χ1v) is 7.02. The van der Waals surface area contributed by atoms with Crippen LogP contribution < -0.4 is 5.32 Å². The third-order valence-electron chi connectivity index (χ3n) is 3.25. The third-order valence-corrected chi connectivity index (χ3v) is 3.70. The van der Waals surface area contributed by atoms with Gasteiger partial charge in [0.05, 0.1) is 17.3 Å². The molecule has 2 aromatic heterocycles. The highest BCUT2D eigenvalue weighted by Crippen LogP contribution is 2.35. The van der Waals surface area contributed by atoms with Crippen molar-refractivity contribution in [1.29, 1.82) is 0 Å². The van der Waals surface area contributed by atoms with Crippen LogP contribution in [0.4, 0.5) is 18.9 Å². The van der Waals surface area contributed by atoms with Crippen molar-refractivity contribution in [3.8, 4) is 0 Å².